The van der Waals surface area contributed by atoms with Crippen LogP contribution in [0.15, 0.2) is 71.8 Å². The van der Waals surface area contributed by atoms with E-state index in [9.17, 15) is 4.79 Å². The number of amides is 1. The van der Waals surface area contributed by atoms with Crippen LogP contribution in [0.5, 0.6) is 5.75 Å². The van der Waals surface area contributed by atoms with Gasteiger partial charge in [0.25, 0.3) is 5.91 Å². The molecule has 9 heteroatoms. The Hall–Kier alpha value is -4.40. The van der Waals surface area contributed by atoms with Crippen molar-refractivity contribution in [2.75, 3.05) is 5.32 Å². The fourth-order valence-corrected chi connectivity index (χ4v) is 3.51. The zero-order valence-electron chi connectivity index (χ0n) is 18.2. The van der Waals surface area contributed by atoms with Crippen molar-refractivity contribution >= 4 is 17.2 Å². The maximum atomic E-state index is 12.6. The Morgan fingerprint density at radius 1 is 1.12 bits per heavy atom. The number of rotatable bonds is 7. The van der Waals surface area contributed by atoms with Crippen LogP contribution in [0.4, 0.5) is 5.69 Å². The molecular formula is C24H22N6O3. The molecule has 0 atom stereocenters. The van der Waals surface area contributed by atoms with E-state index in [0.717, 1.165) is 28.4 Å². The van der Waals surface area contributed by atoms with Crippen LogP contribution in [0.1, 0.15) is 33.1 Å². The number of aryl methyl sites for hydroxylation is 2. The van der Waals surface area contributed by atoms with E-state index in [-0.39, 0.29) is 5.91 Å². The average Bonchev–Trinajstić information content (AvgIpc) is 3.52. The Morgan fingerprint density at radius 3 is 2.73 bits per heavy atom. The number of carbonyl (C=O) groups is 1. The zero-order chi connectivity index (χ0) is 22.8. The van der Waals surface area contributed by atoms with Crippen LogP contribution in [-0.4, -0.2) is 30.2 Å². The number of hydrogen-bond donors (Lipinski definition) is 1. The van der Waals surface area contributed by atoms with Gasteiger partial charge in [-0.25, -0.2) is 4.98 Å². The van der Waals surface area contributed by atoms with E-state index in [2.05, 4.69) is 20.6 Å². The third-order valence-electron chi connectivity index (χ3n) is 5.31. The standard InChI is InChI=1S/C24H22N6O3/c1-16-22(17(2)33-28-16)15-32-21-8-6-18(7-9-21)24(31)27-19-11-25-30(13-19)14-20-12-29-10-4-3-5-23(29)26-20/h3-13H,14-15H2,1-2H3,(H,27,31). The van der Waals surface area contributed by atoms with Crippen LogP contribution in [0.2, 0.25) is 0 Å². The smallest absolute Gasteiger partial charge is 0.255 e. The number of nitrogens with zero attached hydrogens (tertiary/aromatic N) is 5. The largest absolute Gasteiger partial charge is 0.489 e. The molecule has 33 heavy (non-hydrogen) atoms. The number of imidazole rings is 1. The Morgan fingerprint density at radius 2 is 1.97 bits per heavy atom. The molecule has 4 aromatic heterocycles. The maximum Gasteiger partial charge on any atom is 0.255 e. The first-order chi connectivity index (χ1) is 16.0. The molecular weight excluding hydrogens is 420 g/mol. The highest BCUT2D eigenvalue weighted by Crippen LogP contribution is 2.19. The van der Waals surface area contributed by atoms with Gasteiger partial charge in [0, 0.05) is 24.2 Å². The minimum Gasteiger partial charge on any atom is -0.489 e. The lowest BCUT2D eigenvalue weighted by Gasteiger charge is -2.07. The van der Waals surface area contributed by atoms with Gasteiger partial charge in [0.15, 0.2) is 0 Å². The summed E-state index contributed by atoms with van der Waals surface area (Å²) in [5.41, 5.74) is 4.64. The van der Waals surface area contributed by atoms with E-state index in [1.165, 1.54) is 0 Å². The summed E-state index contributed by atoms with van der Waals surface area (Å²) in [7, 11) is 0. The van der Waals surface area contributed by atoms with Crippen molar-refractivity contribution in [2.45, 2.75) is 27.0 Å². The summed E-state index contributed by atoms with van der Waals surface area (Å²) in [6.45, 7) is 4.60. The third kappa shape index (κ3) is 4.47. The summed E-state index contributed by atoms with van der Waals surface area (Å²) in [5.74, 6) is 1.18. The van der Waals surface area contributed by atoms with Gasteiger partial charge in [0.05, 0.1) is 35.4 Å². The van der Waals surface area contributed by atoms with Gasteiger partial charge in [0.2, 0.25) is 0 Å². The van der Waals surface area contributed by atoms with E-state index >= 15 is 0 Å². The summed E-state index contributed by atoms with van der Waals surface area (Å²) in [6.07, 6.45) is 7.32. The molecule has 0 unspecified atom stereocenters. The van der Waals surface area contributed by atoms with Crippen molar-refractivity contribution < 1.29 is 14.1 Å². The van der Waals surface area contributed by atoms with Gasteiger partial charge in [-0.1, -0.05) is 11.2 Å². The fraction of sp³-hybridized carbons (Fsp3) is 0.167. The Balaban J connectivity index is 1.18. The first-order valence-corrected chi connectivity index (χ1v) is 10.5. The summed E-state index contributed by atoms with van der Waals surface area (Å²) in [6, 6.07) is 12.8. The van der Waals surface area contributed by atoms with Crippen LogP contribution < -0.4 is 10.1 Å². The van der Waals surface area contributed by atoms with E-state index in [1.807, 2.05) is 48.8 Å². The van der Waals surface area contributed by atoms with Crippen molar-refractivity contribution in [2.24, 2.45) is 0 Å². The number of carbonyl (C=O) groups excluding carboxylic acids is 1. The van der Waals surface area contributed by atoms with Crippen molar-refractivity contribution in [1.82, 2.24) is 24.3 Å². The van der Waals surface area contributed by atoms with Gasteiger partial charge >= 0.3 is 0 Å². The molecule has 0 bridgehead atoms. The molecule has 0 saturated carbocycles. The highest BCUT2D eigenvalue weighted by Gasteiger charge is 2.11. The average molecular weight is 442 g/mol. The number of nitrogens with one attached hydrogen (secondary N) is 1. The molecule has 0 aliphatic carbocycles. The number of pyridine rings is 1. The molecule has 5 aromatic rings. The third-order valence-corrected chi connectivity index (χ3v) is 5.31. The summed E-state index contributed by atoms with van der Waals surface area (Å²) >= 11 is 0. The molecule has 0 aliphatic heterocycles. The van der Waals surface area contributed by atoms with Gasteiger partial charge in [-0.15, -0.1) is 0 Å². The quantitative estimate of drug-likeness (QED) is 0.409. The van der Waals surface area contributed by atoms with Gasteiger partial charge in [0.1, 0.15) is 23.8 Å². The minimum atomic E-state index is -0.223. The molecule has 4 heterocycles. The SMILES string of the molecule is Cc1noc(C)c1COc1ccc(C(=O)Nc2cnn(Cc3cn4ccccc4n3)c2)cc1. The molecule has 1 N–H and O–H groups in total. The molecule has 166 valence electrons. The summed E-state index contributed by atoms with van der Waals surface area (Å²) in [5, 5.41) is 11.1. The van der Waals surface area contributed by atoms with Crippen molar-refractivity contribution in [1.29, 1.82) is 0 Å². The fourth-order valence-electron chi connectivity index (χ4n) is 3.51. The van der Waals surface area contributed by atoms with E-state index in [4.69, 9.17) is 9.26 Å². The Labute approximate surface area is 189 Å². The number of aromatic nitrogens is 5. The number of fused-ring (bicyclic) bond motifs is 1. The first kappa shape index (κ1) is 20.5. The van der Waals surface area contributed by atoms with Crippen molar-refractivity contribution in [3.8, 4) is 5.75 Å². The number of anilines is 1. The molecule has 1 amide bonds. The van der Waals surface area contributed by atoms with E-state index in [0.29, 0.717) is 30.2 Å². The normalized spacial score (nSPS) is 11.1. The molecule has 0 aliphatic rings. The number of ether oxygens (including phenoxy) is 1. The van der Waals surface area contributed by atoms with Gasteiger partial charge in [-0.2, -0.15) is 5.10 Å². The molecule has 0 saturated heterocycles. The van der Waals surface area contributed by atoms with Crippen LogP contribution in [0, 0.1) is 13.8 Å². The lowest BCUT2D eigenvalue weighted by molar-refractivity contribution is 0.102. The molecule has 1 aromatic carbocycles. The topological polar surface area (TPSA) is 99.5 Å². The molecule has 0 spiro atoms. The first-order valence-electron chi connectivity index (χ1n) is 10.5. The predicted octanol–water partition coefficient (Wildman–Crippen LogP) is 4.02. The molecule has 5 rings (SSSR count). The number of benzene rings is 1. The zero-order valence-corrected chi connectivity index (χ0v) is 18.2. The minimum absolute atomic E-state index is 0.223. The molecule has 9 nitrogen and oxygen atoms in total. The highest BCUT2D eigenvalue weighted by atomic mass is 16.5. The van der Waals surface area contributed by atoms with Crippen molar-refractivity contribution in [3.63, 3.8) is 0 Å². The van der Waals surface area contributed by atoms with Crippen molar-refractivity contribution in [3.05, 3.63) is 95.5 Å². The molecule has 0 radical (unpaired) electrons. The highest BCUT2D eigenvalue weighted by molar-refractivity contribution is 6.04. The van der Waals surface area contributed by atoms with E-state index < -0.39 is 0 Å². The summed E-state index contributed by atoms with van der Waals surface area (Å²) < 4.78 is 14.6. The van der Waals surface area contributed by atoms with Crippen LogP contribution in [0.25, 0.3) is 5.65 Å². The number of hydrogen-bond acceptors (Lipinski definition) is 6. The summed E-state index contributed by atoms with van der Waals surface area (Å²) in [4.78, 5) is 17.2. The second-order valence-corrected chi connectivity index (χ2v) is 7.69. The van der Waals surface area contributed by atoms with Gasteiger partial charge < -0.3 is 19.0 Å². The predicted molar refractivity (Wildman–Crippen MR) is 121 cm³/mol. The van der Waals surface area contributed by atoms with Crippen LogP contribution >= 0.6 is 0 Å². The lowest BCUT2D eigenvalue weighted by atomic mass is 10.2. The van der Waals surface area contributed by atoms with Crippen LogP contribution in [-0.2, 0) is 13.2 Å². The Bertz CT molecular complexity index is 1360. The monoisotopic (exact) mass is 442 g/mol. The second kappa shape index (κ2) is 8.62. The maximum absolute atomic E-state index is 12.6. The Kier molecular flexibility index (Phi) is 5.35. The van der Waals surface area contributed by atoms with Crippen LogP contribution in [0.3, 0.4) is 0 Å². The van der Waals surface area contributed by atoms with Gasteiger partial charge in [-0.3, -0.25) is 9.48 Å². The molecule has 0 fully saturated rings. The lowest BCUT2D eigenvalue weighted by Crippen LogP contribution is -2.11. The second-order valence-electron chi connectivity index (χ2n) is 7.69. The van der Waals surface area contributed by atoms with E-state index in [1.54, 1.807) is 41.3 Å². The van der Waals surface area contributed by atoms with Gasteiger partial charge in [-0.05, 0) is 50.2 Å².